The zero-order valence-corrected chi connectivity index (χ0v) is 15.0. The number of anilines is 1. The fourth-order valence-electron chi connectivity index (χ4n) is 2.19. The van der Waals surface area contributed by atoms with Crippen LogP contribution in [0.2, 0.25) is 0 Å². The van der Waals surface area contributed by atoms with E-state index < -0.39 is 24.5 Å². The van der Waals surface area contributed by atoms with Gasteiger partial charge >= 0.3 is 11.9 Å². The molecule has 0 spiro atoms. The first kappa shape index (κ1) is 18.7. The second kappa shape index (κ2) is 8.48. The van der Waals surface area contributed by atoms with Gasteiger partial charge in [0.2, 0.25) is 5.76 Å². The predicted molar refractivity (Wildman–Crippen MR) is 92.0 cm³/mol. The number of carbonyl (C=O) groups excluding carboxylic acids is 3. The third kappa shape index (κ3) is 4.48. The van der Waals surface area contributed by atoms with E-state index in [1.165, 1.54) is 23.7 Å². The third-order valence-electron chi connectivity index (χ3n) is 3.36. The molecule has 0 atom stereocenters. The molecule has 2 aromatic rings. The molecular weight excluding hydrogens is 346 g/mol. The number of carbonyl (C=O) groups is 3. The lowest BCUT2D eigenvalue weighted by molar-refractivity contribution is -0.119. The van der Waals surface area contributed by atoms with Gasteiger partial charge in [-0.15, -0.1) is 11.3 Å². The number of rotatable bonds is 7. The maximum absolute atomic E-state index is 12.2. The maximum atomic E-state index is 12.2. The Hall–Kier alpha value is -2.61. The van der Waals surface area contributed by atoms with Crippen LogP contribution in [0.15, 0.2) is 22.8 Å². The van der Waals surface area contributed by atoms with Crippen LogP contribution < -0.4 is 5.32 Å². The van der Waals surface area contributed by atoms with Gasteiger partial charge in [-0.3, -0.25) is 4.79 Å². The molecule has 0 saturated carbocycles. The Morgan fingerprint density at radius 3 is 2.56 bits per heavy atom. The van der Waals surface area contributed by atoms with Crippen molar-refractivity contribution in [3.8, 4) is 0 Å². The van der Waals surface area contributed by atoms with Crippen molar-refractivity contribution in [1.29, 1.82) is 0 Å². The topological polar surface area (TPSA) is 94.8 Å². The largest absolute Gasteiger partial charge is 0.462 e. The molecule has 0 aromatic carbocycles. The summed E-state index contributed by atoms with van der Waals surface area (Å²) < 4.78 is 14.8. The van der Waals surface area contributed by atoms with Gasteiger partial charge in [0, 0.05) is 4.88 Å². The van der Waals surface area contributed by atoms with Crippen molar-refractivity contribution in [3.05, 3.63) is 40.2 Å². The first-order chi connectivity index (χ1) is 12.0. The number of hydrogen-bond donors (Lipinski definition) is 1. The van der Waals surface area contributed by atoms with Gasteiger partial charge in [0.15, 0.2) is 6.61 Å². The summed E-state index contributed by atoms with van der Waals surface area (Å²) in [7, 11) is 0. The van der Waals surface area contributed by atoms with E-state index in [0.29, 0.717) is 10.6 Å². The molecule has 1 amide bonds. The molecule has 25 heavy (non-hydrogen) atoms. The lowest BCUT2D eigenvalue weighted by atomic mass is 10.1. The van der Waals surface area contributed by atoms with Crippen molar-refractivity contribution in [2.24, 2.45) is 0 Å². The second-order valence-corrected chi connectivity index (χ2v) is 6.14. The summed E-state index contributed by atoms with van der Waals surface area (Å²) >= 11 is 1.31. The van der Waals surface area contributed by atoms with Gasteiger partial charge in [-0.25, -0.2) is 9.59 Å². The zero-order valence-electron chi connectivity index (χ0n) is 14.2. The summed E-state index contributed by atoms with van der Waals surface area (Å²) in [4.78, 5) is 36.9. The van der Waals surface area contributed by atoms with Crippen molar-refractivity contribution >= 4 is 34.2 Å². The third-order valence-corrected chi connectivity index (χ3v) is 4.71. The molecule has 2 rings (SSSR count). The van der Waals surface area contributed by atoms with Crippen molar-refractivity contribution in [2.45, 2.75) is 27.2 Å². The fourth-order valence-corrected chi connectivity index (χ4v) is 3.34. The number of esters is 2. The summed E-state index contributed by atoms with van der Waals surface area (Å²) in [5, 5.41) is 3.01. The molecule has 0 aliphatic rings. The van der Waals surface area contributed by atoms with Gasteiger partial charge in [-0.1, -0.05) is 6.92 Å². The summed E-state index contributed by atoms with van der Waals surface area (Å²) in [6, 6.07) is 2.98. The van der Waals surface area contributed by atoms with Gasteiger partial charge in [0.05, 0.1) is 18.4 Å². The predicted octanol–water partition coefficient (Wildman–Crippen LogP) is 3.18. The van der Waals surface area contributed by atoms with E-state index >= 15 is 0 Å². The minimum absolute atomic E-state index is 0.0141. The molecule has 2 heterocycles. The van der Waals surface area contributed by atoms with E-state index in [1.54, 1.807) is 13.0 Å². The van der Waals surface area contributed by atoms with Crippen molar-refractivity contribution < 1.29 is 28.3 Å². The van der Waals surface area contributed by atoms with E-state index in [9.17, 15) is 14.4 Å². The normalized spacial score (nSPS) is 10.4. The Labute approximate surface area is 148 Å². The Morgan fingerprint density at radius 1 is 1.20 bits per heavy atom. The first-order valence-corrected chi connectivity index (χ1v) is 8.59. The minimum Gasteiger partial charge on any atom is -0.462 e. The monoisotopic (exact) mass is 365 g/mol. The number of nitrogens with one attached hydrogen (secondary N) is 1. The molecule has 0 unspecified atom stereocenters. The van der Waals surface area contributed by atoms with Crippen LogP contribution in [0.1, 0.15) is 45.2 Å². The van der Waals surface area contributed by atoms with Gasteiger partial charge in [0.25, 0.3) is 5.91 Å². The van der Waals surface area contributed by atoms with Gasteiger partial charge in [0.1, 0.15) is 5.00 Å². The quantitative estimate of drug-likeness (QED) is 0.757. The van der Waals surface area contributed by atoms with Crippen molar-refractivity contribution in [2.75, 3.05) is 18.5 Å². The highest BCUT2D eigenvalue weighted by Gasteiger charge is 2.23. The van der Waals surface area contributed by atoms with Gasteiger partial charge < -0.3 is 19.2 Å². The average molecular weight is 365 g/mol. The maximum Gasteiger partial charge on any atom is 0.374 e. The van der Waals surface area contributed by atoms with Gasteiger partial charge in [-0.2, -0.15) is 0 Å². The molecule has 7 nitrogen and oxygen atoms in total. The number of furan rings is 1. The van der Waals surface area contributed by atoms with Crippen molar-refractivity contribution in [1.82, 2.24) is 0 Å². The Bertz CT molecular complexity index is 762. The highest BCUT2D eigenvalue weighted by atomic mass is 32.1. The molecule has 134 valence electrons. The van der Waals surface area contributed by atoms with E-state index in [1.807, 2.05) is 13.8 Å². The van der Waals surface area contributed by atoms with Crippen molar-refractivity contribution in [3.63, 3.8) is 0 Å². The number of amides is 1. The van der Waals surface area contributed by atoms with Gasteiger partial charge in [-0.05, 0) is 38.0 Å². The summed E-state index contributed by atoms with van der Waals surface area (Å²) in [5.74, 6) is -1.75. The van der Waals surface area contributed by atoms with E-state index in [-0.39, 0.29) is 12.4 Å². The van der Waals surface area contributed by atoms with Crippen LogP contribution in [-0.2, 0) is 20.7 Å². The molecule has 8 heteroatoms. The summed E-state index contributed by atoms with van der Waals surface area (Å²) in [6.07, 6.45) is 2.06. The lowest BCUT2D eigenvalue weighted by Crippen LogP contribution is -2.21. The number of thiophene rings is 1. The molecule has 2 aromatic heterocycles. The number of aryl methyl sites for hydroxylation is 1. The van der Waals surface area contributed by atoms with Crippen LogP contribution in [-0.4, -0.2) is 31.1 Å². The summed E-state index contributed by atoms with van der Waals surface area (Å²) in [5.41, 5.74) is 1.13. The van der Waals surface area contributed by atoms with E-state index in [2.05, 4.69) is 5.32 Å². The van der Waals surface area contributed by atoms with E-state index in [0.717, 1.165) is 16.9 Å². The molecule has 0 aliphatic heterocycles. The zero-order chi connectivity index (χ0) is 18.4. The first-order valence-electron chi connectivity index (χ1n) is 7.77. The van der Waals surface area contributed by atoms with Crippen LogP contribution in [0, 0.1) is 6.92 Å². The highest BCUT2D eigenvalue weighted by molar-refractivity contribution is 7.17. The van der Waals surface area contributed by atoms with Crippen LogP contribution in [0.3, 0.4) is 0 Å². The molecule has 0 fully saturated rings. The standard InChI is InChI=1S/C17H19NO6S/c1-4-12-10(3)14(17(21)22-5-2)15(25-12)18-13(19)9-24-16(20)11-7-6-8-23-11/h6-8H,4-5,9H2,1-3H3,(H,18,19). The Kier molecular flexibility index (Phi) is 6.35. The highest BCUT2D eigenvalue weighted by Crippen LogP contribution is 2.34. The number of hydrogen-bond acceptors (Lipinski definition) is 7. The van der Waals surface area contributed by atoms with E-state index in [4.69, 9.17) is 13.9 Å². The summed E-state index contributed by atoms with van der Waals surface area (Å²) in [6.45, 7) is 5.25. The molecule has 0 bridgehead atoms. The smallest absolute Gasteiger partial charge is 0.374 e. The molecular formula is C17H19NO6S. The molecule has 0 radical (unpaired) electrons. The fraction of sp³-hybridized carbons (Fsp3) is 0.353. The molecule has 0 saturated heterocycles. The van der Waals surface area contributed by atoms with Crippen LogP contribution in [0.25, 0.3) is 0 Å². The Balaban J connectivity index is 2.06. The van der Waals surface area contributed by atoms with Crippen LogP contribution >= 0.6 is 11.3 Å². The average Bonchev–Trinajstić information content (AvgIpc) is 3.21. The Morgan fingerprint density at radius 2 is 1.96 bits per heavy atom. The molecule has 0 aliphatic carbocycles. The minimum atomic E-state index is -0.734. The number of ether oxygens (including phenoxy) is 2. The molecule has 1 N–H and O–H groups in total. The second-order valence-electron chi connectivity index (χ2n) is 5.03. The lowest BCUT2D eigenvalue weighted by Gasteiger charge is -2.07. The van der Waals surface area contributed by atoms with Crippen LogP contribution in [0.4, 0.5) is 5.00 Å². The van der Waals surface area contributed by atoms with Crippen LogP contribution in [0.5, 0.6) is 0 Å². The SMILES string of the molecule is CCOC(=O)c1c(NC(=O)COC(=O)c2ccco2)sc(CC)c1C.